The molecular formula is C20H19N2O2+. The average molecular weight is 319 g/mol. The number of hydrogen-bond donors (Lipinski definition) is 0. The summed E-state index contributed by atoms with van der Waals surface area (Å²) in [7, 11) is 0. The van der Waals surface area contributed by atoms with Crippen molar-refractivity contribution in [2.75, 3.05) is 0 Å². The van der Waals surface area contributed by atoms with E-state index >= 15 is 0 Å². The Labute approximate surface area is 141 Å². The molecule has 0 saturated heterocycles. The quantitative estimate of drug-likeness (QED) is 0.518. The van der Waals surface area contributed by atoms with Gasteiger partial charge in [0, 0.05) is 18.1 Å². The lowest BCUT2D eigenvalue weighted by Crippen LogP contribution is -2.39. The van der Waals surface area contributed by atoms with E-state index in [0.717, 1.165) is 5.82 Å². The smallest absolute Gasteiger partial charge is 0.254 e. The van der Waals surface area contributed by atoms with Crippen LogP contribution >= 0.6 is 0 Å². The second kappa shape index (κ2) is 7.04. The minimum absolute atomic E-state index is 0.0517. The summed E-state index contributed by atoms with van der Waals surface area (Å²) in [4.78, 5) is 24.6. The van der Waals surface area contributed by atoms with Gasteiger partial charge in [-0.25, -0.2) is 9.13 Å². The number of nitrogens with zero attached hydrogens (tertiary/aromatic N) is 2. The number of hydrogen-bond acceptors (Lipinski definition) is 2. The zero-order valence-electron chi connectivity index (χ0n) is 13.6. The van der Waals surface area contributed by atoms with Crippen LogP contribution in [-0.2, 0) is 13.1 Å². The van der Waals surface area contributed by atoms with Crippen molar-refractivity contribution in [2.45, 2.75) is 20.0 Å². The van der Waals surface area contributed by atoms with Gasteiger partial charge in [-0.3, -0.25) is 9.59 Å². The molecule has 3 rings (SSSR count). The van der Waals surface area contributed by atoms with Gasteiger partial charge < -0.3 is 0 Å². The highest BCUT2D eigenvalue weighted by atomic mass is 16.1. The van der Waals surface area contributed by atoms with Crippen LogP contribution in [-0.4, -0.2) is 16.1 Å². The molecule has 0 radical (unpaired) electrons. The number of carbonyl (C=O) groups excluding carboxylic acids is 2. The number of Topliss-reactive ketones (excluding diaryl/α,β-unsaturated/α-hetero) is 2. The summed E-state index contributed by atoms with van der Waals surface area (Å²) in [5.41, 5.74) is 1.38. The molecule has 3 aromatic rings. The monoisotopic (exact) mass is 319 g/mol. The van der Waals surface area contributed by atoms with Gasteiger partial charge >= 0.3 is 0 Å². The van der Waals surface area contributed by atoms with Gasteiger partial charge in [0.05, 0.1) is 0 Å². The second-order valence-corrected chi connectivity index (χ2v) is 5.68. The fourth-order valence-corrected chi connectivity index (χ4v) is 2.62. The molecule has 0 saturated carbocycles. The van der Waals surface area contributed by atoms with Crippen LogP contribution in [0.4, 0.5) is 0 Å². The highest BCUT2D eigenvalue weighted by Crippen LogP contribution is 2.05. The number of benzene rings is 2. The second-order valence-electron chi connectivity index (χ2n) is 5.68. The van der Waals surface area contributed by atoms with Gasteiger partial charge in [-0.1, -0.05) is 60.7 Å². The molecule has 4 nitrogen and oxygen atoms in total. The molecule has 0 bridgehead atoms. The third-order valence-electron chi connectivity index (χ3n) is 4.08. The van der Waals surface area contributed by atoms with Gasteiger partial charge in [0.15, 0.2) is 13.1 Å². The predicted molar refractivity (Wildman–Crippen MR) is 90.9 cm³/mol. The number of carbonyl (C=O) groups is 2. The van der Waals surface area contributed by atoms with E-state index in [-0.39, 0.29) is 24.7 Å². The minimum atomic E-state index is 0.0517. The fourth-order valence-electron chi connectivity index (χ4n) is 2.62. The molecule has 0 spiro atoms. The Balaban J connectivity index is 1.72. The third kappa shape index (κ3) is 3.49. The Bertz CT molecular complexity index is 781. The average Bonchev–Trinajstić information content (AvgIpc) is 2.96. The lowest BCUT2D eigenvalue weighted by Gasteiger charge is -2.02. The van der Waals surface area contributed by atoms with Crippen molar-refractivity contribution in [2.24, 2.45) is 0 Å². The molecule has 24 heavy (non-hydrogen) atoms. The first-order valence-electron chi connectivity index (χ1n) is 7.87. The van der Waals surface area contributed by atoms with Crippen LogP contribution in [0.2, 0.25) is 0 Å². The zero-order valence-corrected chi connectivity index (χ0v) is 13.6. The molecule has 1 aromatic heterocycles. The molecule has 0 amide bonds. The number of aromatic nitrogens is 2. The summed E-state index contributed by atoms with van der Waals surface area (Å²) in [6.07, 6.45) is 3.68. The normalized spacial score (nSPS) is 10.5. The van der Waals surface area contributed by atoms with Gasteiger partial charge in [0.1, 0.15) is 12.4 Å². The fraction of sp³-hybridized carbons (Fsp3) is 0.150. The summed E-state index contributed by atoms with van der Waals surface area (Å²) >= 11 is 0. The summed E-state index contributed by atoms with van der Waals surface area (Å²) in [6.45, 7) is 2.45. The van der Waals surface area contributed by atoms with Crippen molar-refractivity contribution in [3.05, 3.63) is 90.0 Å². The molecule has 120 valence electrons. The first-order chi connectivity index (χ1) is 11.6. The Morgan fingerprint density at radius 3 is 2.00 bits per heavy atom. The van der Waals surface area contributed by atoms with Crippen LogP contribution < -0.4 is 4.57 Å². The maximum absolute atomic E-state index is 12.3. The van der Waals surface area contributed by atoms with Crippen molar-refractivity contribution in [1.82, 2.24) is 4.57 Å². The molecule has 4 heteroatoms. The lowest BCUT2D eigenvalue weighted by molar-refractivity contribution is -0.688. The molecule has 1 heterocycles. The van der Waals surface area contributed by atoms with Gasteiger partial charge in [-0.15, -0.1) is 0 Å². The molecule has 0 unspecified atom stereocenters. The first kappa shape index (κ1) is 15.9. The van der Waals surface area contributed by atoms with E-state index in [2.05, 4.69) is 0 Å². The molecule has 0 N–H and O–H groups in total. The van der Waals surface area contributed by atoms with E-state index in [1.54, 1.807) is 0 Å². The van der Waals surface area contributed by atoms with E-state index in [9.17, 15) is 9.59 Å². The SMILES string of the molecule is Cc1n(CC(=O)c2ccccc2)cc[n+]1CC(=O)c1ccccc1. The van der Waals surface area contributed by atoms with Crippen molar-refractivity contribution >= 4 is 11.6 Å². The van der Waals surface area contributed by atoms with E-state index < -0.39 is 0 Å². The minimum Gasteiger partial charge on any atom is -0.290 e. The molecule has 0 atom stereocenters. The van der Waals surface area contributed by atoms with Crippen molar-refractivity contribution in [3.8, 4) is 0 Å². The van der Waals surface area contributed by atoms with E-state index in [1.165, 1.54) is 0 Å². The third-order valence-corrected chi connectivity index (χ3v) is 4.08. The number of ketones is 2. The maximum atomic E-state index is 12.3. The number of imidazole rings is 1. The highest BCUT2D eigenvalue weighted by molar-refractivity contribution is 5.96. The van der Waals surface area contributed by atoms with E-state index in [4.69, 9.17) is 0 Å². The van der Waals surface area contributed by atoms with Crippen LogP contribution in [0.15, 0.2) is 73.1 Å². The summed E-state index contributed by atoms with van der Waals surface area (Å²) in [6, 6.07) is 18.5. The Morgan fingerprint density at radius 2 is 1.42 bits per heavy atom. The zero-order chi connectivity index (χ0) is 16.9. The predicted octanol–water partition coefficient (Wildman–Crippen LogP) is 2.85. The first-order valence-corrected chi connectivity index (χ1v) is 7.87. The van der Waals surface area contributed by atoms with Gasteiger partial charge in [0.25, 0.3) is 5.82 Å². The Hall–Kier alpha value is -3.01. The van der Waals surface area contributed by atoms with Gasteiger partial charge in [-0.05, 0) is 0 Å². The highest BCUT2D eigenvalue weighted by Gasteiger charge is 2.18. The largest absolute Gasteiger partial charge is 0.290 e. The van der Waals surface area contributed by atoms with Crippen LogP contribution in [0, 0.1) is 6.92 Å². The lowest BCUT2D eigenvalue weighted by atomic mass is 10.1. The molecule has 2 aromatic carbocycles. The standard InChI is InChI=1S/C20H19N2O2/c1-16-21(14-19(23)17-8-4-2-5-9-17)12-13-22(16)15-20(24)18-10-6-3-7-11-18/h2-13H,14-15H2,1H3/q+1. The van der Waals surface area contributed by atoms with Crippen LogP contribution in [0.1, 0.15) is 26.5 Å². The van der Waals surface area contributed by atoms with Crippen LogP contribution in [0.5, 0.6) is 0 Å². The van der Waals surface area contributed by atoms with E-state index in [0.29, 0.717) is 11.1 Å². The maximum Gasteiger partial charge on any atom is 0.254 e. The Morgan fingerprint density at radius 1 is 0.875 bits per heavy atom. The van der Waals surface area contributed by atoms with Crippen molar-refractivity contribution < 1.29 is 14.2 Å². The van der Waals surface area contributed by atoms with Crippen LogP contribution in [0.3, 0.4) is 0 Å². The summed E-state index contributed by atoms with van der Waals surface area (Å²) < 4.78 is 3.74. The summed E-state index contributed by atoms with van der Waals surface area (Å²) in [5, 5.41) is 0. The van der Waals surface area contributed by atoms with Gasteiger partial charge in [-0.2, -0.15) is 0 Å². The molecule has 0 aliphatic heterocycles. The molecule has 0 fully saturated rings. The molecule has 0 aliphatic rings. The van der Waals surface area contributed by atoms with Crippen molar-refractivity contribution in [1.29, 1.82) is 0 Å². The topological polar surface area (TPSA) is 43.0 Å². The Kier molecular flexibility index (Phi) is 4.66. The van der Waals surface area contributed by atoms with Crippen molar-refractivity contribution in [3.63, 3.8) is 0 Å². The summed E-state index contributed by atoms with van der Waals surface area (Å²) in [5.74, 6) is 0.982. The number of rotatable bonds is 6. The molecular weight excluding hydrogens is 300 g/mol. The van der Waals surface area contributed by atoms with Gasteiger partial charge in [0.2, 0.25) is 11.6 Å². The molecule has 0 aliphatic carbocycles. The van der Waals surface area contributed by atoms with E-state index in [1.807, 2.05) is 89.1 Å². The van der Waals surface area contributed by atoms with Crippen LogP contribution in [0.25, 0.3) is 0 Å².